The summed E-state index contributed by atoms with van der Waals surface area (Å²) in [6.45, 7) is 3.38. The maximum absolute atomic E-state index is 12.0. The SMILES string of the molecule is CCNc1nc(Cc2ccc3c(c2)CN(C)C3=O)nc2c1C(C#N)=CC2. The van der Waals surface area contributed by atoms with Crippen molar-refractivity contribution < 1.29 is 4.79 Å². The van der Waals surface area contributed by atoms with Crippen molar-refractivity contribution in [2.75, 3.05) is 18.9 Å². The van der Waals surface area contributed by atoms with Crippen molar-refractivity contribution in [3.8, 4) is 6.07 Å². The third kappa shape index (κ3) is 2.62. The van der Waals surface area contributed by atoms with E-state index in [2.05, 4.69) is 27.4 Å². The summed E-state index contributed by atoms with van der Waals surface area (Å²) in [5.74, 6) is 1.53. The number of allylic oxidation sites excluding steroid dienone is 2. The molecule has 0 saturated heterocycles. The molecule has 0 spiro atoms. The van der Waals surface area contributed by atoms with Crippen molar-refractivity contribution in [1.82, 2.24) is 14.9 Å². The first-order chi connectivity index (χ1) is 12.6. The number of anilines is 1. The number of hydrogen-bond acceptors (Lipinski definition) is 5. The summed E-state index contributed by atoms with van der Waals surface area (Å²) >= 11 is 0. The molecule has 1 aromatic carbocycles. The first-order valence-electron chi connectivity index (χ1n) is 8.72. The quantitative estimate of drug-likeness (QED) is 0.921. The molecule has 1 aliphatic carbocycles. The Morgan fingerprint density at radius 3 is 2.96 bits per heavy atom. The standard InChI is InChI=1S/C20H19N5O/c1-3-22-19-18-13(10-21)5-7-16(18)23-17(24-19)9-12-4-6-15-14(8-12)11-25(2)20(15)26/h4-6,8H,3,7,9,11H2,1-2H3,(H,22,23,24). The third-order valence-corrected chi connectivity index (χ3v) is 4.78. The first kappa shape index (κ1) is 16.3. The topological polar surface area (TPSA) is 81.9 Å². The number of nitrogens with zero attached hydrogens (tertiary/aromatic N) is 4. The normalized spacial score (nSPS) is 14.7. The highest BCUT2D eigenvalue weighted by Gasteiger charge is 2.25. The Balaban J connectivity index is 1.66. The zero-order valence-electron chi connectivity index (χ0n) is 14.8. The molecule has 6 nitrogen and oxygen atoms in total. The van der Waals surface area contributed by atoms with Gasteiger partial charge in [0, 0.05) is 38.5 Å². The third-order valence-electron chi connectivity index (χ3n) is 4.78. The molecule has 1 aliphatic heterocycles. The fourth-order valence-corrected chi connectivity index (χ4v) is 3.58. The van der Waals surface area contributed by atoms with Crippen LogP contribution in [0.1, 0.15) is 45.5 Å². The molecular formula is C20H19N5O. The van der Waals surface area contributed by atoms with Crippen LogP contribution in [0.5, 0.6) is 0 Å². The van der Waals surface area contributed by atoms with Crippen LogP contribution in [0.25, 0.3) is 5.57 Å². The van der Waals surface area contributed by atoms with Gasteiger partial charge in [-0.3, -0.25) is 4.79 Å². The van der Waals surface area contributed by atoms with Gasteiger partial charge in [0.2, 0.25) is 0 Å². The van der Waals surface area contributed by atoms with Gasteiger partial charge >= 0.3 is 0 Å². The highest BCUT2D eigenvalue weighted by atomic mass is 16.2. The molecule has 6 heteroatoms. The van der Waals surface area contributed by atoms with Crippen LogP contribution >= 0.6 is 0 Å². The highest BCUT2D eigenvalue weighted by molar-refractivity contribution is 5.98. The Morgan fingerprint density at radius 2 is 2.19 bits per heavy atom. The van der Waals surface area contributed by atoms with Gasteiger partial charge in [-0.25, -0.2) is 9.97 Å². The number of benzene rings is 1. The fourth-order valence-electron chi connectivity index (χ4n) is 3.58. The number of nitrogens with one attached hydrogen (secondary N) is 1. The molecule has 4 rings (SSSR count). The second kappa shape index (κ2) is 6.26. The van der Waals surface area contributed by atoms with Crippen LogP contribution in [0.2, 0.25) is 0 Å². The van der Waals surface area contributed by atoms with Crippen LogP contribution in [-0.2, 0) is 19.4 Å². The lowest BCUT2D eigenvalue weighted by atomic mass is 10.0. The Morgan fingerprint density at radius 1 is 1.35 bits per heavy atom. The van der Waals surface area contributed by atoms with Crippen molar-refractivity contribution in [3.05, 3.63) is 58.0 Å². The van der Waals surface area contributed by atoms with E-state index in [9.17, 15) is 10.1 Å². The van der Waals surface area contributed by atoms with Crippen LogP contribution in [0.3, 0.4) is 0 Å². The zero-order chi connectivity index (χ0) is 18.3. The number of amides is 1. The summed E-state index contributed by atoms with van der Waals surface area (Å²) in [4.78, 5) is 23.1. The highest BCUT2D eigenvalue weighted by Crippen LogP contribution is 2.31. The second-order valence-electron chi connectivity index (χ2n) is 6.60. The molecular weight excluding hydrogens is 326 g/mol. The van der Waals surface area contributed by atoms with E-state index in [4.69, 9.17) is 0 Å². The molecule has 0 saturated carbocycles. The second-order valence-corrected chi connectivity index (χ2v) is 6.60. The van der Waals surface area contributed by atoms with Gasteiger partial charge in [0.15, 0.2) is 0 Å². The van der Waals surface area contributed by atoms with E-state index in [1.54, 1.807) is 4.90 Å². The Labute approximate surface area is 152 Å². The van der Waals surface area contributed by atoms with E-state index in [0.29, 0.717) is 25.0 Å². The van der Waals surface area contributed by atoms with E-state index in [1.807, 2.05) is 32.2 Å². The van der Waals surface area contributed by atoms with Gasteiger partial charge in [-0.2, -0.15) is 5.26 Å². The largest absolute Gasteiger partial charge is 0.370 e. The van der Waals surface area contributed by atoms with Gasteiger partial charge in [0.25, 0.3) is 5.91 Å². The number of fused-ring (bicyclic) bond motifs is 2. The molecule has 0 unspecified atom stereocenters. The molecule has 0 bridgehead atoms. The first-order valence-corrected chi connectivity index (χ1v) is 8.72. The summed E-state index contributed by atoms with van der Waals surface area (Å²) in [5.41, 5.74) is 5.29. The smallest absolute Gasteiger partial charge is 0.254 e. The van der Waals surface area contributed by atoms with Crippen molar-refractivity contribution in [1.29, 1.82) is 5.26 Å². The average Bonchev–Trinajstić information content (AvgIpc) is 3.16. The van der Waals surface area contributed by atoms with Gasteiger partial charge in [-0.05, 0) is 24.1 Å². The molecule has 2 aliphatic rings. The number of nitriles is 1. The van der Waals surface area contributed by atoms with Crippen LogP contribution in [0.15, 0.2) is 24.3 Å². The van der Waals surface area contributed by atoms with E-state index < -0.39 is 0 Å². The number of hydrogen-bond donors (Lipinski definition) is 1. The molecule has 2 heterocycles. The van der Waals surface area contributed by atoms with E-state index in [-0.39, 0.29) is 5.91 Å². The monoisotopic (exact) mass is 345 g/mol. The Kier molecular flexibility index (Phi) is 3.92. The molecule has 1 aromatic heterocycles. The number of aromatic nitrogens is 2. The predicted octanol–water partition coefficient (Wildman–Crippen LogP) is 2.55. The summed E-state index contributed by atoms with van der Waals surface area (Å²) in [7, 11) is 1.81. The van der Waals surface area contributed by atoms with Crippen molar-refractivity contribution >= 4 is 17.3 Å². The number of rotatable bonds is 4. The molecule has 1 amide bonds. The lowest BCUT2D eigenvalue weighted by Gasteiger charge is -2.12. The van der Waals surface area contributed by atoms with Gasteiger partial charge in [-0.15, -0.1) is 0 Å². The predicted molar refractivity (Wildman–Crippen MR) is 98.5 cm³/mol. The summed E-state index contributed by atoms with van der Waals surface area (Å²) in [5, 5.41) is 12.6. The van der Waals surface area contributed by atoms with Crippen LogP contribution < -0.4 is 5.32 Å². The van der Waals surface area contributed by atoms with Crippen LogP contribution in [-0.4, -0.2) is 34.4 Å². The number of carbonyl (C=O) groups excluding carboxylic acids is 1. The molecule has 2 aromatic rings. The Bertz CT molecular complexity index is 986. The van der Waals surface area contributed by atoms with E-state index >= 15 is 0 Å². The summed E-state index contributed by atoms with van der Waals surface area (Å²) < 4.78 is 0. The number of carbonyl (C=O) groups is 1. The van der Waals surface area contributed by atoms with Gasteiger partial charge in [-0.1, -0.05) is 18.2 Å². The van der Waals surface area contributed by atoms with Gasteiger partial charge < -0.3 is 10.2 Å². The zero-order valence-corrected chi connectivity index (χ0v) is 14.8. The molecule has 1 N–H and O–H groups in total. The summed E-state index contributed by atoms with van der Waals surface area (Å²) in [6.07, 6.45) is 3.16. The van der Waals surface area contributed by atoms with Crippen LogP contribution in [0.4, 0.5) is 5.82 Å². The molecule has 26 heavy (non-hydrogen) atoms. The van der Waals surface area contributed by atoms with Gasteiger partial charge in [0.1, 0.15) is 11.6 Å². The van der Waals surface area contributed by atoms with Gasteiger partial charge in [0.05, 0.1) is 22.9 Å². The minimum absolute atomic E-state index is 0.0740. The summed E-state index contributed by atoms with van der Waals surface area (Å²) in [6, 6.07) is 8.16. The lowest BCUT2D eigenvalue weighted by Crippen LogP contribution is -2.17. The van der Waals surface area contributed by atoms with Crippen LogP contribution in [0, 0.1) is 11.3 Å². The average molecular weight is 345 g/mol. The van der Waals surface area contributed by atoms with Crippen molar-refractivity contribution in [2.24, 2.45) is 0 Å². The minimum Gasteiger partial charge on any atom is -0.370 e. The maximum atomic E-state index is 12.0. The fraction of sp³-hybridized carbons (Fsp3) is 0.300. The van der Waals surface area contributed by atoms with Crippen molar-refractivity contribution in [3.63, 3.8) is 0 Å². The Hall–Kier alpha value is -3.20. The molecule has 0 fully saturated rings. The van der Waals surface area contributed by atoms with E-state index in [0.717, 1.165) is 46.1 Å². The van der Waals surface area contributed by atoms with Crippen molar-refractivity contribution in [2.45, 2.75) is 26.3 Å². The molecule has 0 radical (unpaired) electrons. The lowest BCUT2D eigenvalue weighted by molar-refractivity contribution is 0.0816. The molecule has 0 atom stereocenters. The minimum atomic E-state index is 0.0740. The molecule has 130 valence electrons. The maximum Gasteiger partial charge on any atom is 0.254 e. The van der Waals surface area contributed by atoms with E-state index in [1.165, 1.54) is 0 Å².